The fraction of sp³-hybridized carbons (Fsp3) is 0.0625. The van der Waals surface area contributed by atoms with Crippen LogP contribution in [0.25, 0.3) is 11.1 Å². The number of hydrogen-bond acceptors (Lipinski definition) is 3. The molecule has 0 unspecified atom stereocenters. The fourth-order valence-corrected chi connectivity index (χ4v) is 2.91. The number of benzene rings is 2. The molecule has 2 aromatic rings. The molecule has 110 valence electrons. The van der Waals surface area contributed by atoms with E-state index in [1.54, 1.807) is 6.07 Å². The third-order valence-electron chi connectivity index (χ3n) is 3.80. The molecule has 0 atom stereocenters. The van der Waals surface area contributed by atoms with Crippen LogP contribution in [0, 0.1) is 0 Å². The van der Waals surface area contributed by atoms with Gasteiger partial charge in [-0.1, -0.05) is 12.1 Å². The van der Waals surface area contributed by atoms with Gasteiger partial charge in [0.25, 0.3) is 0 Å². The van der Waals surface area contributed by atoms with Gasteiger partial charge in [-0.15, -0.1) is 0 Å². The lowest BCUT2D eigenvalue weighted by Crippen LogP contribution is -2.06. The third-order valence-corrected chi connectivity index (χ3v) is 3.80. The van der Waals surface area contributed by atoms with E-state index < -0.39 is 17.9 Å². The second kappa shape index (κ2) is 4.70. The second-order valence-corrected chi connectivity index (χ2v) is 4.94. The summed E-state index contributed by atoms with van der Waals surface area (Å²) in [5, 5.41) is 27.8. The van der Waals surface area contributed by atoms with E-state index >= 15 is 0 Å². The van der Waals surface area contributed by atoms with Crippen molar-refractivity contribution in [3.8, 4) is 11.1 Å². The van der Waals surface area contributed by atoms with E-state index in [4.69, 9.17) is 0 Å². The number of hydrogen-bond donors (Lipinski definition) is 3. The molecule has 6 nitrogen and oxygen atoms in total. The Bertz CT molecular complexity index is 850. The molecule has 2 aromatic carbocycles. The predicted octanol–water partition coefficient (Wildman–Crippen LogP) is 2.35. The van der Waals surface area contributed by atoms with Crippen molar-refractivity contribution in [2.75, 3.05) is 0 Å². The van der Waals surface area contributed by atoms with Crippen molar-refractivity contribution in [3.05, 3.63) is 58.1 Å². The third kappa shape index (κ3) is 1.85. The number of fused-ring (bicyclic) bond motifs is 3. The van der Waals surface area contributed by atoms with Crippen LogP contribution < -0.4 is 0 Å². The van der Waals surface area contributed by atoms with Crippen molar-refractivity contribution in [1.82, 2.24) is 0 Å². The number of aromatic carboxylic acids is 3. The van der Waals surface area contributed by atoms with Crippen LogP contribution in [0.3, 0.4) is 0 Å². The lowest BCUT2D eigenvalue weighted by Gasteiger charge is -2.08. The Labute approximate surface area is 124 Å². The highest BCUT2D eigenvalue weighted by atomic mass is 16.4. The summed E-state index contributed by atoms with van der Waals surface area (Å²) >= 11 is 0. The Kier molecular flexibility index (Phi) is 2.95. The average Bonchev–Trinajstić information content (AvgIpc) is 2.84. The molecule has 1 aliphatic carbocycles. The molecule has 3 rings (SSSR count). The zero-order chi connectivity index (χ0) is 16.0. The van der Waals surface area contributed by atoms with E-state index in [1.807, 2.05) is 0 Å². The van der Waals surface area contributed by atoms with Crippen LogP contribution in [0.5, 0.6) is 0 Å². The summed E-state index contributed by atoms with van der Waals surface area (Å²) in [5.74, 6) is -3.47. The number of carboxylic acids is 3. The quantitative estimate of drug-likeness (QED) is 0.684. The molecule has 6 heteroatoms. The first-order chi connectivity index (χ1) is 10.4. The van der Waals surface area contributed by atoms with Gasteiger partial charge in [-0.05, 0) is 34.9 Å². The topological polar surface area (TPSA) is 112 Å². The number of rotatable bonds is 3. The molecule has 0 saturated heterocycles. The summed E-state index contributed by atoms with van der Waals surface area (Å²) in [7, 11) is 0. The molecule has 0 saturated carbocycles. The maximum atomic E-state index is 11.4. The average molecular weight is 298 g/mol. The summed E-state index contributed by atoms with van der Waals surface area (Å²) in [6.45, 7) is 0. The van der Waals surface area contributed by atoms with Crippen molar-refractivity contribution in [3.63, 3.8) is 0 Å². The van der Waals surface area contributed by atoms with Crippen molar-refractivity contribution in [1.29, 1.82) is 0 Å². The van der Waals surface area contributed by atoms with Crippen molar-refractivity contribution < 1.29 is 29.7 Å². The minimum Gasteiger partial charge on any atom is -0.478 e. The van der Waals surface area contributed by atoms with Crippen LogP contribution in [0.4, 0.5) is 0 Å². The molecule has 1 aliphatic rings. The molecule has 0 radical (unpaired) electrons. The largest absolute Gasteiger partial charge is 0.478 e. The van der Waals surface area contributed by atoms with Crippen LogP contribution in [-0.4, -0.2) is 33.2 Å². The van der Waals surface area contributed by atoms with Gasteiger partial charge < -0.3 is 15.3 Å². The van der Waals surface area contributed by atoms with E-state index in [0.29, 0.717) is 22.3 Å². The molecular weight excluding hydrogens is 288 g/mol. The van der Waals surface area contributed by atoms with Gasteiger partial charge in [-0.3, -0.25) is 0 Å². The van der Waals surface area contributed by atoms with Gasteiger partial charge >= 0.3 is 17.9 Å². The molecule has 0 amide bonds. The van der Waals surface area contributed by atoms with Crippen LogP contribution >= 0.6 is 0 Å². The molecule has 0 spiro atoms. The van der Waals surface area contributed by atoms with E-state index in [0.717, 1.165) is 0 Å². The zero-order valence-corrected chi connectivity index (χ0v) is 11.2. The van der Waals surface area contributed by atoms with E-state index in [1.165, 1.54) is 24.3 Å². The zero-order valence-electron chi connectivity index (χ0n) is 11.2. The molecule has 3 N–H and O–H groups in total. The first-order valence-corrected chi connectivity index (χ1v) is 6.40. The van der Waals surface area contributed by atoms with Crippen molar-refractivity contribution in [2.45, 2.75) is 6.42 Å². The lowest BCUT2D eigenvalue weighted by atomic mass is 9.95. The Morgan fingerprint density at radius 3 is 1.86 bits per heavy atom. The first kappa shape index (κ1) is 13.8. The van der Waals surface area contributed by atoms with Crippen LogP contribution in [-0.2, 0) is 6.42 Å². The molecule has 0 aromatic heterocycles. The highest BCUT2D eigenvalue weighted by molar-refractivity contribution is 6.05. The molecule has 0 aliphatic heterocycles. The standard InChI is InChI=1S/C16H10O6/c17-14(18)8-3-1-2-7-11(8)6-12-9(15(19)20)4-5-10(13(7)12)16(21)22/h1-5H,6H2,(H,17,18)(H,19,20)(H,21,22). The number of carboxylic acid groups (broad SMARTS) is 3. The molecule has 0 heterocycles. The van der Waals surface area contributed by atoms with Gasteiger partial charge in [-0.2, -0.15) is 0 Å². The molecular formula is C16H10O6. The minimum atomic E-state index is -1.18. The summed E-state index contributed by atoms with van der Waals surface area (Å²) in [4.78, 5) is 34.1. The lowest BCUT2D eigenvalue weighted by molar-refractivity contribution is 0.0681. The summed E-state index contributed by atoms with van der Waals surface area (Å²) in [5.41, 5.74) is 1.58. The van der Waals surface area contributed by atoms with E-state index in [9.17, 15) is 29.7 Å². The first-order valence-electron chi connectivity index (χ1n) is 6.40. The Balaban J connectivity index is 2.37. The highest BCUT2D eigenvalue weighted by Gasteiger charge is 2.31. The molecule has 0 bridgehead atoms. The Morgan fingerprint density at radius 1 is 0.727 bits per heavy atom. The molecule has 22 heavy (non-hydrogen) atoms. The highest BCUT2D eigenvalue weighted by Crippen LogP contribution is 2.42. The predicted molar refractivity (Wildman–Crippen MR) is 75.6 cm³/mol. The van der Waals surface area contributed by atoms with Crippen LogP contribution in [0.1, 0.15) is 42.2 Å². The van der Waals surface area contributed by atoms with E-state index in [-0.39, 0.29) is 23.1 Å². The maximum absolute atomic E-state index is 11.4. The minimum absolute atomic E-state index is 0.00691. The van der Waals surface area contributed by atoms with Gasteiger partial charge in [-0.25, -0.2) is 14.4 Å². The maximum Gasteiger partial charge on any atom is 0.336 e. The normalized spacial score (nSPS) is 11.6. The SMILES string of the molecule is O=C(O)c1cccc2c1Cc1c(C(=O)O)ccc(C(=O)O)c1-2. The van der Waals surface area contributed by atoms with Gasteiger partial charge in [0.05, 0.1) is 16.7 Å². The Morgan fingerprint density at radius 2 is 1.27 bits per heavy atom. The number of carbonyl (C=O) groups is 3. The summed E-state index contributed by atoms with van der Waals surface area (Å²) < 4.78 is 0. The van der Waals surface area contributed by atoms with Gasteiger partial charge in [0, 0.05) is 12.0 Å². The van der Waals surface area contributed by atoms with Gasteiger partial charge in [0.15, 0.2) is 0 Å². The Hall–Kier alpha value is -3.15. The van der Waals surface area contributed by atoms with E-state index in [2.05, 4.69) is 0 Å². The van der Waals surface area contributed by atoms with Gasteiger partial charge in [0.1, 0.15) is 0 Å². The summed E-state index contributed by atoms with van der Waals surface area (Å²) in [6.07, 6.45) is 0.0931. The van der Waals surface area contributed by atoms with Crippen LogP contribution in [0.2, 0.25) is 0 Å². The van der Waals surface area contributed by atoms with Crippen molar-refractivity contribution >= 4 is 17.9 Å². The fourth-order valence-electron chi connectivity index (χ4n) is 2.91. The smallest absolute Gasteiger partial charge is 0.336 e. The second-order valence-electron chi connectivity index (χ2n) is 4.94. The molecule has 0 fully saturated rings. The van der Waals surface area contributed by atoms with Crippen LogP contribution in [0.15, 0.2) is 30.3 Å². The van der Waals surface area contributed by atoms with Gasteiger partial charge in [0.2, 0.25) is 0 Å². The monoisotopic (exact) mass is 298 g/mol. The summed E-state index contributed by atoms with van der Waals surface area (Å²) in [6, 6.07) is 7.06. The van der Waals surface area contributed by atoms with Crippen molar-refractivity contribution in [2.24, 2.45) is 0 Å².